The normalized spacial score (nSPS) is 19.9. The first kappa shape index (κ1) is 33.0. The summed E-state index contributed by atoms with van der Waals surface area (Å²) in [5.74, 6) is 8.01. The highest BCUT2D eigenvalue weighted by molar-refractivity contribution is 7.90. The molecule has 0 bridgehead atoms. The molecular formula is C35H41N9O4S. The second kappa shape index (κ2) is 14.9. The first-order valence-electron chi connectivity index (χ1n) is 16.9. The van der Waals surface area contributed by atoms with Crippen LogP contribution < -0.4 is 16.0 Å². The van der Waals surface area contributed by atoms with Gasteiger partial charge in [-0.05, 0) is 68.9 Å². The quantitative estimate of drug-likeness (QED) is 0.170. The number of benzene rings is 1. The SMILES string of the molecule is O=S(=O)(C1CC1)n1cc(-c2nccc(Nc3cc(NC4CCC(O)CC4)c(C#Cc4ccc(NCCN5CCOCC5)cc4)cn3)n2)cn1. The van der Waals surface area contributed by atoms with Gasteiger partial charge in [0, 0.05) is 61.9 Å². The number of hydrogen-bond acceptors (Lipinski definition) is 12. The lowest BCUT2D eigenvalue weighted by atomic mass is 9.93. The molecular weight excluding hydrogens is 643 g/mol. The molecule has 0 atom stereocenters. The van der Waals surface area contributed by atoms with Crippen molar-refractivity contribution in [2.24, 2.45) is 0 Å². The van der Waals surface area contributed by atoms with Crippen molar-refractivity contribution in [2.45, 2.75) is 55.9 Å². The second-order valence-electron chi connectivity index (χ2n) is 12.7. The summed E-state index contributed by atoms with van der Waals surface area (Å²) >= 11 is 0. The van der Waals surface area contributed by atoms with Crippen molar-refractivity contribution >= 4 is 33.0 Å². The number of nitrogens with one attached hydrogen (secondary N) is 3. The Bertz CT molecular complexity index is 1900. The van der Waals surface area contributed by atoms with Crippen LogP contribution in [0.3, 0.4) is 0 Å². The van der Waals surface area contributed by atoms with Gasteiger partial charge in [-0.2, -0.15) is 9.19 Å². The molecule has 1 aliphatic heterocycles. The highest BCUT2D eigenvalue weighted by Gasteiger charge is 2.37. The molecule has 3 aliphatic rings. The van der Waals surface area contributed by atoms with Gasteiger partial charge in [-0.25, -0.2) is 23.4 Å². The molecule has 0 radical (unpaired) electrons. The molecule has 3 fully saturated rings. The Kier molecular flexibility index (Phi) is 10.0. The maximum absolute atomic E-state index is 12.6. The predicted octanol–water partition coefficient (Wildman–Crippen LogP) is 3.68. The van der Waals surface area contributed by atoms with E-state index in [1.807, 2.05) is 30.3 Å². The topological polar surface area (TPSA) is 159 Å². The number of nitrogens with zero attached hydrogens (tertiary/aromatic N) is 6. The van der Waals surface area contributed by atoms with E-state index in [0.717, 1.165) is 91.7 Å². The number of aromatic nitrogens is 5. The number of hydrogen-bond donors (Lipinski definition) is 4. The molecule has 4 aromatic rings. The van der Waals surface area contributed by atoms with Gasteiger partial charge < -0.3 is 25.8 Å². The van der Waals surface area contributed by atoms with E-state index in [4.69, 9.17) is 4.74 Å². The predicted molar refractivity (Wildman–Crippen MR) is 188 cm³/mol. The highest BCUT2D eigenvalue weighted by atomic mass is 32.2. The molecule has 256 valence electrons. The van der Waals surface area contributed by atoms with E-state index >= 15 is 0 Å². The number of morpholine rings is 1. The van der Waals surface area contributed by atoms with Gasteiger partial charge in [0.1, 0.15) is 11.6 Å². The molecule has 4 heterocycles. The largest absolute Gasteiger partial charge is 0.393 e. The maximum Gasteiger partial charge on any atom is 0.256 e. The summed E-state index contributed by atoms with van der Waals surface area (Å²) in [4.78, 5) is 16.0. The van der Waals surface area contributed by atoms with Crippen LogP contribution >= 0.6 is 0 Å². The molecule has 0 spiro atoms. The molecule has 7 rings (SSSR count). The van der Waals surface area contributed by atoms with Crippen molar-refractivity contribution in [3.8, 4) is 23.2 Å². The van der Waals surface area contributed by atoms with E-state index in [9.17, 15) is 13.5 Å². The van der Waals surface area contributed by atoms with Crippen LogP contribution in [0.1, 0.15) is 49.7 Å². The van der Waals surface area contributed by atoms with Crippen molar-refractivity contribution in [2.75, 3.05) is 55.3 Å². The average Bonchev–Trinajstić information content (AvgIpc) is 3.87. The molecule has 13 nitrogen and oxygen atoms in total. The lowest BCUT2D eigenvalue weighted by Gasteiger charge is -2.27. The van der Waals surface area contributed by atoms with Gasteiger partial charge in [0.15, 0.2) is 5.82 Å². The minimum atomic E-state index is -3.48. The molecule has 49 heavy (non-hydrogen) atoms. The van der Waals surface area contributed by atoms with E-state index in [2.05, 4.69) is 52.7 Å². The lowest BCUT2D eigenvalue weighted by molar-refractivity contribution is 0.0398. The van der Waals surface area contributed by atoms with Crippen LogP contribution in [0.4, 0.5) is 23.0 Å². The molecule has 14 heteroatoms. The van der Waals surface area contributed by atoms with Gasteiger partial charge in [0.25, 0.3) is 10.0 Å². The maximum atomic E-state index is 12.6. The van der Waals surface area contributed by atoms with Gasteiger partial charge in [-0.15, -0.1) is 0 Å². The van der Waals surface area contributed by atoms with Crippen LogP contribution in [0.15, 0.2) is 61.2 Å². The smallest absolute Gasteiger partial charge is 0.256 e. The number of pyridine rings is 1. The zero-order valence-corrected chi connectivity index (χ0v) is 28.1. The van der Waals surface area contributed by atoms with E-state index < -0.39 is 10.0 Å². The third-order valence-electron chi connectivity index (χ3n) is 8.98. The van der Waals surface area contributed by atoms with Crippen LogP contribution in [0.2, 0.25) is 0 Å². The molecule has 1 aromatic carbocycles. The Morgan fingerprint density at radius 2 is 1.73 bits per heavy atom. The van der Waals surface area contributed by atoms with Crippen molar-refractivity contribution < 1.29 is 18.3 Å². The molecule has 4 N–H and O–H groups in total. The van der Waals surface area contributed by atoms with Gasteiger partial charge >= 0.3 is 0 Å². The standard InChI is InChI=1S/C35H41N9O4S/c45-30-9-7-29(8-10-30)40-32-21-34(41-33-13-14-37-35(42-33)27-23-39-44(24-27)49(46,47)31-11-12-31)38-22-26(32)4-1-25-2-5-28(6-3-25)36-15-16-43-17-19-48-20-18-43/h2-3,5-6,13-14,21-24,29-31,36,45H,7-12,15-20H2,(H2,37,38,40,41,42). The third-order valence-corrected chi connectivity index (χ3v) is 11.0. The first-order valence-corrected chi connectivity index (χ1v) is 18.4. The van der Waals surface area contributed by atoms with E-state index in [1.165, 1.54) is 12.4 Å². The third kappa shape index (κ3) is 8.55. The van der Waals surface area contributed by atoms with Crippen LogP contribution in [-0.2, 0) is 14.8 Å². The van der Waals surface area contributed by atoms with E-state index in [-0.39, 0.29) is 17.4 Å². The number of aliphatic hydroxyl groups excluding tert-OH is 1. The Balaban J connectivity index is 1.05. The fourth-order valence-corrected chi connectivity index (χ4v) is 7.43. The summed E-state index contributed by atoms with van der Waals surface area (Å²) in [7, 11) is -3.48. The molecule has 1 saturated heterocycles. The zero-order chi connectivity index (χ0) is 33.6. The average molecular weight is 684 g/mol. The summed E-state index contributed by atoms with van der Waals surface area (Å²) in [5.41, 5.74) is 4.06. The summed E-state index contributed by atoms with van der Waals surface area (Å²) in [6, 6.07) is 12.0. The molecule has 2 aliphatic carbocycles. The Morgan fingerprint density at radius 3 is 2.51 bits per heavy atom. The summed E-state index contributed by atoms with van der Waals surface area (Å²) in [6.07, 6.45) is 10.6. The Labute approximate surface area is 286 Å². The number of rotatable bonds is 11. The minimum absolute atomic E-state index is 0.205. The van der Waals surface area contributed by atoms with Crippen LogP contribution in [0.5, 0.6) is 0 Å². The fourth-order valence-electron chi connectivity index (χ4n) is 5.95. The minimum Gasteiger partial charge on any atom is -0.393 e. The fraction of sp³-hybridized carbons (Fsp3) is 0.429. The van der Waals surface area contributed by atoms with Crippen LogP contribution in [0, 0.1) is 11.8 Å². The van der Waals surface area contributed by atoms with Gasteiger partial charge in [0.05, 0.1) is 53.8 Å². The van der Waals surface area contributed by atoms with Gasteiger partial charge in [-0.3, -0.25) is 4.90 Å². The highest BCUT2D eigenvalue weighted by Crippen LogP contribution is 2.31. The summed E-state index contributed by atoms with van der Waals surface area (Å²) < 4.78 is 31.6. The second-order valence-corrected chi connectivity index (χ2v) is 14.8. The molecule has 0 amide bonds. The zero-order valence-electron chi connectivity index (χ0n) is 27.3. The van der Waals surface area contributed by atoms with E-state index in [1.54, 1.807) is 18.5 Å². The van der Waals surface area contributed by atoms with Gasteiger partial charge in [0.2, 0.25) is 0 Å². The van der Waals surface area contributed by atoms with Crippen LogP contribution in [0.25, 0.3) is 11.4 Å². The number of anilines is 4. The molecule has 2 saturated carbocycles. The van der Waals surface area contributed by atoms with Crippen molar-refractivity contribution in [3.63, 3.8) is 0 Å². The monoisotopic (exact) mass is 683 g/mol. The molecule has 3 aromatic heterocycles. The number of aliphatic hydroxyl groups is 1. The van der Waals surface area contributed by atoms with Gasteiger partial charge in [-0.1, -0.05) is 11.8 Å². The van der Waals surface area contributed by atoms with Crippen molar-refractivity contribution in [1.29, 1.82) is 0 Å². The summed E-state index contributed by atoms with van der Waals surface area (Å²) in [5, 5.41) is 24.1. The lowest BCUT2D eigenvalue weighted by Crippen LogP contribution is -2.38. The van der Waals surface area contributed by atoms with Crippen LogP contribution in [-0.4, -0.2) is 99.4 Å². The summed E-state index contributed by atoms with van der Waals surface area (Å²) in [6.45, 7) is 5.42. The van der Waals surface area contributed by atoms with Crippen molar-refractivity contribution in [3.05, 3.63) is 72.3 Å². The van der Waals surface area contributed by atoms with Crippen molar-refractivity contribution in [1.82, 2.24) is 29.0 Å². The number of ether oxygens (including phenoxy) is 1. The Hall–Kier alpha value is -4.55. The molecule has 0 unspecified atom stereocenters. The van der Waals surface area contributed by atoms with E-state index in [0.29, 0.717) is 35.9 Å². The Morgan fingerprint density at radius 1 is 0.939 bits per heavy atom. The first-order chi connectivity index (χ1) is 23.9.